The average molecular weight is 364 g/mol. The highest BCUT2D eigenvalue weighted by Crippen LogP contribution is 2.42. The van der Waals surface area contributed by atoms with Crippen LogP contribution in [-0.2, 0) is 21.4 Å². The van der Waals surface area contributed by atoms with E-state index in [1.54, 1.807) is 0 Å². The molecular formula is C20H32N2O4. The average Bonchev–Trinajstić information content (AvgIpc) is 3.04. The van der Waals surface area contributed by atoms with Crippen molar-refractivity contribution in [3.63, 3.8) is 0 Å². The number of ketones is 1. The topological polar surface area (TPSA) is 75.8 Å². The van der Waals surface area contributed by atoms with Crippen molar-refractivity contribution in [3.05, 3.63) is 17.5 Å². The Morgan fingerprint density at radius 2 is 2.08 bits per heavy atom. The second-order valence-corrected chi connectivity index (χ2v) is 8.57. The normalized spacial score (nSPS) is 21.0. The Morgan fingerprint density at radius 1 is 1.38 bits per heavy atom. The quantitative estimate of drug-likeness (QED) is 0.763. The van der Waals surface area contributed by atoms with E-state index in [0.717, 1.165) is 57.6 Å². The van der Waals surface area contributed by atoms with Crippen LogP contribution in [0, 0.1) is 5.92 Å². The van der Waals surface area contributed by atoms with Crippen molar-refractivity contribution in [3.8, 4) is 0 Å². The van der Waals surface area contributed by atoms with Gasteiger partial charge in [-0.25, -0.2) is 0 Å². The summed E-state index contributed by atoms with van der Waals surface area (Å²) in [6, 6.07) is 1.86. The van der Waals surface area contributed by atoms with Crippen LogP contribution in [0.25, 0.3) is 0 Å². The molecule has 1 saturated carbocycles. The zero-order valence-electron chi connectivity index (χ0n) is 16.3. The van der Waals surface area contributed by atoms with Crippen LogP contribution in [-0.4, -0.2) is 59.9 Å². The summed E-state index contributed by atoms with van der Waals surface area (Å²) in [5.41, 5.74) is -0.0151. The van der Waals surface area contributed by atoms with Crippen molar-refractivity contribution in [2.45, 2.75) is 63.3 Å². The fourth-order valence-corrected chi connectivity index (χ4v) is 3.88. The highest BCUT2D eigenvalue weighted by atomic mass is 16.5. The van der Waals surface area contributed by atoms with Gasteiger partial charge in [0.2, 0.25) is 0 Å². The van der Waals surface area contributed by atoms with Gasteiger partial charge in [-0.3, -0.25) is 9.69 Å². The molecule has 146 valence electrons. The summed E-state index contributed by atoms with van der Waals surface area (Å²) < 4.78 is 10.9. The first-order chi connectivity index (χ1) is 12.4. The number of carbonyl (C=O) groups excluding carboxylic acids is 1. The number of aliphatic hydroxyl groups excluding tert-OH is 1. The largest absolute Gasteiger partial charge is 0.395 e. The minimum absolute atomic E-state index is 0.0895. The van der Waals surface area contributed by atoms with Crippen LogP contribution < -0.4 is 0 Å². The van der Waals surface area contributed by atoms with Crippen LogP contribution >= 0.6 is 0 Å². The van der Waals surface area contributed by atoms with E-state index in [0.29, 0.717) is 11.7 Å². The second kappa shape index (κ2) is 7.79. The van der Waals surface area contributed by atoms with Crippen LogP contribution in [0.15, 0.2) is 10.6 Å². The highest BCUT2D eigenvalue weighted by Gasteiger charge is 2.41. The molecule has 0 spiro atoms. The zero-order valence-corrected chi connectivity index (χ0v) is 16.3. The number of aliphatic hydroxyl groups is 1. The molecule has 0 aromatic carbocycles. The maximum atomic E-state index is 12.9. The molecule has 6 nitrogen and oxygen atoms in total. The first-order valence-electron chi connectivity index (χ1n) is 9.76. The van der Waals surface area contributed by atoms with Crippen LogP contribution in [0.2, 0.25) is 0 Å². The molecule has 1 aliphatic carbocycles. The molecule has 0 amide bonds. The van der Waals surface area contributed by atoms with Crippen molar-refractivity contribution in [2.75, 3.05) is 33.4 Å². The van der Waals surface area contributed by atoms with Crippen LogP contribution in [0.5, 0.6) is 0 Å². The molecule has 3 rings (SSSR count). The third-order valence-electron chi connectivity index (χ3n) is 6.56. The number of likely N-dealkylation sites (N-methyl/N-ethyl adjacent to an activating group) is 1. The molecule has 1 aromatic rings. The van der Waals surface area contributed by atoms with Gasteiger partial charge in [0.25, 0.3) is 0 Å². The maximum Gasteiger partial charge on any atom is 0.160 e. The number of ether oxygens (including phenoxy) is 1. The predicted molar refractivity (Wildman–Crippen MR) is 98.1 cm³/mol. The fourth-order valence-electron chi connectivity index (χ4n) is 3.88. The molecule has 6 heteroatoms. The van der Waals surface area contributed by atoms with Gasteiger partial charge in [-0.15, -0.1) is 0 Å². The standard InChI is InChI=1S/C20H32N2O4/c1-19(2,22(3)13-15-5-9-25-10-6-15)18(24)12-16-11-17(21-26-16)20(14-23)7-4-8-20/h11,15,23H,4-10,12-14H2,1-3H3. The Kier molecular flexibility index (Phi) is 5.85. The van der Waals surface area contributed by atoms with E-state index in [1.807, 2.05) is 27.0 Å². The summed E-state index contributed by atoms with van der Waals surface area (Å²) >= 11 is 0. The Labute approximate surface area is 155 Å². The van der Waals surface area contributed by atoms with E-state index in [1.165, 1.54) is 0 Å². The third-order valence-corrected chi connectivity index (χ3v) is 6.56. The summed E-state index contributed by atoms with van der Waals surface area (Å²) in [5.74, 6) is 1.31. The smallest absolute Gasteiger partial charge is 0.160 e. The van der Waals surface area contributed by atoms with Crippen LogP contribution in [0.1, 0.15) is 57.4 Å². The van der Waals surface area contributed by atoms with Gasteiger partial charge < -0.3 is 14.4 Å². The molecular weight excluding hydrogens is 332 g/mol. The maximum absolute atomic E-state index is 12.9. The number of rotatable bonds is 8. The van der Waals surface area contributed by atoms with E-state index in [-0.39, 0.29) is 24.2 Å². The summed E-state index contributed by atoms with van der Waals surface area (Å²) in [6.07, 6.45) is 5.32. The van der Waals surface area contributed by atoms with Crippen LogP contribution in [0.3, 0.4) is 0 Å². The van der Waals surface area contributed by atoms with Gasteiger partial charge in [-0.2, -0.15) is 0 Å². The molecule has 1 saturated heterocycles. The number of carbonyl (C=O) groups is 1. The lowest BCUT2D eigenvalue weighted by molar-refractivity contribution is -0.128. The van der Waals surface area contributed by atoms with Crippen molar-refractivity contribution < 1.29 is 19.2 Å². The van der Waals surface area contributed by atoms with Gasteiger partial charge in [-0.05, 0) is 52.5 Å². The zero-order chi connectivity index (χ0) is 18.8. The first kappa shape index (κ1) is 19.5. The molecule has 0 radical (unpaired) electrons. The van der Waals surface area contributed by atoms with E-state index in [4.69, 9.17) is 9.26 Å². The lowest BCUT2D eigenvalue weighted by Gasteiger charge is -2.38. The molecule has 0 bridgehead atoms. The van der Waals surface area contributed by atoms with E-state index >= 15 is 0 Å². The summed E-state index contributed by atoms with van der Waals surface area (Å²) in [4.78, 5) is 15.1. The number of hydrogen-bond donors (Lipinski definition) is 1. The summed E-state index contributed by atoms with van der Waals surface area (Å²) in [5, 5.41) is 13.8. The highest BCUT2D eigenvalue weighted by molar-refractivity contribution is 5.89. The SMILES string of the molecule is CN(CC1CCOCC1)C(C)(C)C(=O)Cc1cc(C2(CO)CCC2)no1. The second-order valence-electron chi connectivity index (χ2n) is 8.57. The Balaban J connectivity index is 1.60. The minimum Gasteiger partial charge on any atom is -0.395 e. The Hall–Kier alpha value is -1.24. The van der Waals surface area contributed by atoms with E-state index in [9.17, 15) is 9.90 Å². The number of aromatic nitrogens is 1. The van der Waals surface area contributed by atoms with Gasteiger partial charge in [-0.1, -0.05) is 11.6 Å². The summed E-state index contributed by atoms with van der Waals surface area (Å²) in [7, 11) is 2.02. The number of nitrogens with zero attached hydrogens (tertiary/aromatic N) is 2. The lowest BCUT2D eigenvalue weighted by Crippen LogP contribution is -2.50. The molecule has 1 aliphatic heterocycles. The Bertz CT molecular complexity index is 610. The molecule has 1 aromatic heterocycles. The van der Waals surface area contributed by atoms with Gasteiger partial charge in [0.1, 0.15) is 5.76 Å². The summed E-state index contributed by atoms with van der Waals surface area (Å²) in [6.45, 7) is 6.59. The van der Waals surface area contributed by atoms with Gasteiger partial charge in [0.15, 0.2) is 5.78 Å². The van der Waals surface area contributed by atoms with Crippen molar-refractivity contribution in [1.29, 1.82) is 0 Å². The van der Waals surface area contributed by atoms with Gasteiger partial charge in [0.05, 0.1) is 24.3 Å². The predicted octanol–water partition coefficient (Wildman–Crippen LogP) is 2.34. The van der Waals surface area contributed by atoms with Gasteiger partial charge in [0, 0.05) is 31.2 Å². The molecule has 2 fully saturated rings. The van der Waals surface area contributed by atoms with Crippen molar-refractivity contribution >= 4 is 5.78 Å². The van der Waals surface area contributed by atoms with Crippen molar-refractivity contribution in [2.24, 2.45) is 5.92 Å². The lowest BCUT2D eigenvalue weighted by atomic mass is 9.67. The van der Waals surface area contributed by atoms with Crippen molar-refractivity contribution in [1.82, 2.24) is 10.1 Å². The minimum atomic E-state index is -0.559. The van der Waals surface area contributed by atoms with Crippen LogP contribution in [0.4, 0.5) is 0 Å². The molecule has 2 aliphatic rings. The molecule has 0 atom stereocenters. The van der Waals surface area contributed by atoms with E-state index in [2.05, 4.69) is 10.1 Å². The van der Waals surface area contributed by atoms with E-state index < -0.39 is 5.54 Å². The molecule has 2 heterocycles. The fraction of sp³-hybridized carbons (Fsp3) is 0.800. The number of Topliss-reactive ketones (excluding diaryl/α,β-unsaturated/α-hetero) is 1. The molecule has 26 heavy (non-hydrogen) atoms. The monoisotopic (exact) mass is 364 g/mol. The van der Waals surface area contributed by atoms with Gasteiger partial charge >= 0.3 is 0 Å². The molecule has 1 N–H and O–H groups in total. The number of hydrogen-bond acceptors (Lipinski definition) is 6. The molecule has 0 unspecified atom stereocenters. The first-order valence-corrected chi connectivity index (χ1v) is 9.76. The third kappa shape index (κ3) is 3.87. The Morgan fingerprint density at radius 3 is 2.65 bits per heavy atom.